The van der Waals surface area contributed by atoms with E-state index in [9.17, 15) is 4.79 Å². The molecule has 116 valence electrons. The third-order valence-electron chi connectivity index (χ3n) is 3.55. The van der Waals surface area contributed by atoms with Gasteiger partial charge in [-0.25, -0.2) is 0 Å². The standard InChI is InChI=1S/C18H22N2OS/c1-20(2)17-10-6-9-16(12-17)19-18(21)15(13-22)11-14-7-4-3-5-8-14/h3-10,12,15,22H,11,13H2,1-2H3,(H,19,21). The second-order valence-electron chi connectivity index (χ2n) is 5.50. The Hall–Kier alpha value is -1.94. The largest absolute Gasteiger partial charge is 0.378 e. The van der Waals surface area contributed by atoms with Crippen LogP contribution in [0.2, 0.25) is 0 Å². The monoisotopic (exact) mass is 314 g/mol. The average Bonchev–Trinajstić information content (AvgIpc) is 2.53. The molecule has 0 spiro atoms. The second kappa shape index (κ2) is 7.90. The van der Waals surface area contributed by atoms with Crippen LogP contribution in [0.4, 0.5) is 11.4 Å². The number of nitrogens with one attached hydrogen (secondary N) is 1. The van der Waals surface area contributed by atoms with Crippen LogP contribution in [0, 0.1) is 5.92 Å². The molecule has 0 radical (unpaired) electrons. The van der Waals surface area contributed by atoms with Crippen molar-refractivity contribution in [1.29, 1.82) is 0 Å². The molecule has 0 saturated heterocycles. The first-order valence-electron chi connectivity index (χ1n) is 7.33. The number of hydrogen-bond donors (Lipinski definition) is 2. The number of benzene rings is 2. The summed E-state index contributed by atoms with van der Waals surface area (Å²) in [6.45, 7) is 0. The van der Waals surface area contributed by atoms with Gasteiger partial charge in [-0.05, 0) is 30.2 Å². The zero-order chi connectivity index (χ0) is 15.9. The van der Waals surface area contributed by atoms with Crippen molar-refractivity contribution in [2.75, 3.05) is 30.1 Å². The second-order valence-corrected chi connectivity index (χ2v) is 5.87. The Bertz CT molecular complexity index is 613. The van der Waals surface area contributed by atoms with E-state index in [1.807, 2.05) is 73.6 Å². The smallest absolute Gasteiger partial charge is 0.228 e. The fraction of sp³-hybridized carbons (Fsp3) is 0.278. The van der Waals surface area contributed by atoms with E-state index in [1.165, 1.54) is 0 Å². The minimum absolute atomic E-state index is 0.00904. The number of hydrogen-bond acceptors (Lipinski definition) is 3. The van der Waals surface area contributed by atoms with Crippen LogP contribution in [0.1, 0.15) is 5.56 Å². The van der Waals surface area contributed by atoms with Crippen molar-refractivity contribution in [1.82, 2.24) is 0 Å². The zero-order valence-corrected chi connectivity index (χ0v) is 13.9. The van der Waals surface area contributed by atoms with Gasteiger partial charge in [0.1, 0.15) is 0 Å². The number of thiol groups is 1. The van der Waals surface area contributed by atoms with Gasteiger partial charge in [-0.3, -0.25) is 4.79 Å². The van der Waals surface area contributed by atoms with Gasteiger partial charge in [-0.1, -0.05) is 36.4 Å². The van der Waals surface area contributed by atoms with Crippen molar-refractivity contribution in [3.63, 3.8) is 0 Å². The van der Waals surface area contributed by atoms with Crippen molar-refractivity contribution in [3.8, 4) is 0 Å². The lowest BCUT2D eigenvalue weighted by molar-refractivity contribution is -0.119. The third kappa shape index (κ3) is 4.53. The van der Waals surface area contributed by atoms with Crippen molar-refractivity contribution < 1.29 is 4.79 Å². The number of amides is 1. The molecule has 0 heterocycles. The van der Waals surface area contributed by atoms with Crippen molar-refractivity contribution in [2.45, 2.75) is 6.42 Å². The summed E-state index contributed by atoms with van der Waals surface area (Å²) >= 11 is 4.34. The fourth-order valence-corrected chi connectivity index (χ4v) is 2.54. The first-order valence-corrected chi connectivity index (χ1v) is 7.96. The van der Waals surface area contributed by atoms with Crippen LogP contribution in [-0.4, -0.2) is 25.8 Å². The zero-order valence-electron chi connectivity index (χ0n) is 13.0. The molecule has 0 aliphatic carbocycles. The number of rotatable bonds is 6. The predicted octanol–water partition coefficient (Wildman–Crippen LogP) is 3.48. The molecule has 4 heteroatoms. The maximum atomic E-state index is 12.5. The molecular formula is C18H22N2OS. The molecule has 2 aromatic carbocycles. The molecule has 2 aromatic rings. The molecule has 0 aliphatic heterocycles. The maximum Gasteiger partial charge on any atom is 0.228 e. The van der Waals surface area contributed by atoms with Crippen LogP contribution in [0.3, 0.4) is 0 Å². The Morgan fingerprint density at radius 3 is 2.50 bits per heavy atom. The molecule has 1 unspecified atom stereocenters. The lowest BCUT2D eigenvalue weighted by Gasteiger charge is -2.17. The molecule has 22 heavy (non-hydrogen) atoms. The fourth-order valence-electron chi connectivity index (χ4n) is 2.24. The van der Waals surface area contributed by atoms with Crippen molar-refractivity contribution >= 4 is 29.9 Å². The molecular weight excluding hydrogens is 292 g/mol. The highest BCUT2D eigenvalue weighted by Gasteiger charge is 2.17. The van der Waals surface area contributed by atoms with Gasteiger partial charge in [0, 0.05) is 31.2 Å². The molecule has 0 saturated carbocycles. The number of anilines is 2. The Kier molecular flexibility index (Phi) is 5.90. The van der Waals surface area contributed by atoms with E-state index in [4.69, 9.17) is 0 Å². The van der Waals surface area contributed by atoms with Crippen LogP contribution in [0.5, 0.6) is 0 Å². The van der Waals surface area contributed by atoms with Crippen molar-refractivity contribution in [2.24, 2.45) is 5.92 Å². The molecule has 0 aliphatic rings. The van der Waals surface area contributed by atoms with Gasteiger partial charge < -0.3 is 10.2 Å². The molecule has 0 aromatic heterocycles. The number of nitrogens with zero attached hydrogens (tertiary/aromatic N) is 1. The van der Waals surface area contributed by atoms with Crippen LogP contribution < -0.4 is 10.2 Å². The van der Waals surface area contributed by atoms with Gasteiger partial charge >= 0.3 is 0 Å². The molecule has 3 nitrogen and oxygen atoms in total. The van der Waals surface area contributed by atoms with Crippen LogP contribution >= 0.6 is 12.6 Å². The third-order valence-corrected chi connectivity index (χ3v) is 3.99. The van der Waals surface area contributed by atoms with E-state index in [1.54, 1.807) is 0 Å². The highest BCUT2D eigenvalue weighted by atomic mass is 32.1. The van der Waals surface area contributed by atoms with Crippen LogP contribution in [-0.2, 0) is 11.2 Å². The first-order chi connectivity index (χ1) is 10.6. The topological polar surface area (TPSA) is 32.3 Å². The molecule has 0 fully saturated rings. The molecule has 1 amide bonds. The SMILES string of the molecule is CN(C)c1cccc(NC(=O)C(CS)Cc2ccccc2)c1. The minimum Gasteiger partial charge on any atom is -0.378 e. The summed E-state index contributed by atoms with van der Waals surface area (Å²) in [4.78, 5) is 14.5. The van der Waals surface area contributed by atoms with Crippen LogP contribution in [0.25, 0.3) is 0 Å². The molecule has 0 bridgehead atoms. The molecule has 2 rings (SSSR count). The van der Waals surface area contributed by atoms with Gasteiger partial charge in [0.15, 0.2) is 0 Å². The molecule has 1 atom stereocenters. The summed E-state index contributed by atoms with van der Waals surface area (Å²) in [5.41, 5.74) is 3.03. The Balaban J connectivity index is 2.04. The van der Waals surface area contributed by atoms with E-state index >= 15 is 0 Å². The van der Waals surface area contributed by atoms with Gasteiger partial charge in [-0.2, -0.15) is 12.6 Å². The average molecular weight is 314 g/mol. The van der Waals surface area contributed by atoms with Gasteiger partial charge in [0.25, 0.3) is 0 Å². The molecule has 1 N–H and O–H groups in total. The summed E-state index contributed by atoms with van der Waals surface area (Å²) in [6.07, 6.45) is 0.698. The summed E-state index contributed by atoms with van der Waals surface area (Å²) in [7, 11) is 3.96. The normalized spacial score (nSPS) is 11.8. The summed E-state index contributed by atoms with van der Waals surface area (Å²) < 4.78 is 0. The Labute approximate surface area is 137 Å². The maximum absolute atomic E-state index is 12.5. The number of carbonyl (C=O) groups is 1. The van der Waals surface area contributed by atoms with E-state index in [2.05, 4.69) is 17.9 Å². The van der Waals surface area contributed by atoms with E-state index in [0.29, 0.717) is 12.2 Å². The highest BCUT2D eigenvalue weighted by Crippen LogP contribution is 2.19. The minimum atomic E-state index is -0.145. The lowest BCUT2D eigenvalue weighted by Crippen LogP contribution is -2.26. The van der Waals surface area contributed by atoms with Gasteiger partial charge in [0.2, 0.25) is 5.91 Å². The summed E-state index contributed by atoms with van der Waals surface area (Å²) in [5, 5.41) is 2.99. The first kappa shape index (κ1) is 16.4. The quantitative estimate of drug-likeness (QED) is 0.800. The highest BCUT2D eigenvalue weighted by molar-refractivity contribution is 7.80. The van der Waals surface area contributed by atoms with Crippen LogP contribution in [0.15, 0.2) is 54.6 Å². The Morgan fingerprint density at radius 2 is 1.86 bits per heavy atom. The van der Waals surface area contributed by atoms with E-state index in [0.717, 1.165) is 16.9 Å². The van der Waals surface area contributed by atoms with E-state index < -0.39 is 0 Å². The number of carbonyl (C=O) groups excluding carboxylic acids is 1. The van der Waals surface area contributed by atoms with Gasteiger partial charge in [0.05, 0.1) is 5.92 Å². The summed E-state index contributed by atoms with van der Waals surface area (Å²) in [6, 6.07) is 17.9. The lowest BCUT2D eigenvalue weighted by atomic mass is 10.00. The van der Waals surface area contributed by atoms with Gasteiger partial charge in [-0.15, -0.1) is 0 Å². The van der Waals surface area contributed by atoms with Crippen molar-refractivity contribution in [3.05, 3.63) is 60.2 Å². The van der Waals surface area contributed by atoms with E-state index in [-0.39, 0.29) is 11.8 Å². The Morgan fingerprint density at radius 1 is 1.14 bits per heavy atom. The predicted molar refractivity (Wildman–Crippen MR) is 96.9 cm³/mol. The summed E-state index contributed by atoms with van der Waals surface area (Å²) in [5.74, 6) is 0.386.